The van der Waals surface area contributed by atoms with Crippen LogP contribution in [0, 0.1) is 0 Å². The topological polar surface area (TPSA) is 101 Å². The number of carbonyl (C=O) groups excluding carboxylic acids is 2. The first-order chi connectivity index (χ1) is 19.7. The molecule has 254 valence electrons. The Labute approximate surface area is 265 Å². The van der Waals surface area contributed by atoms with Crippen LogP contribution in [0.5, 0.6) is 0 Å². The molecule has 0 aliphatic carbocycles. The summed E-state index contributed by atoms with van der Waals surface area (Å²) in [7, 11) is -2.37. The Morgan fingerprint density at radius 2 is 1.19 bits per heavy atom. The van der Waals surface area contributed by atoms with E-state index in [2.05, 4.69) is 74.7 Å². The molecule has 8 nitrogen and oxygen atoms in total. The molecule has 43 heavy (non-hydrogen) atoms. The molecule has 1 N–H and O–H groups in total. The van der Waals surface area contributed by atoms with E-state index in [0.29, 0.717) is 6.42 Å². The van der Waals surface area contributed by atoms with E-state index in [1.54, 1.807) is 0 Å². The number of ether oxygens (including phenoxy) is 3. The molecular weight excluding hydrogens is 581 g/mol. The minimum absolute atomic E-state index is 0.0739. The van der Waals surface area contributed by atoms with Crippen molar-refractivity contribution in [3.8, 4) is 0 Å². The van der Waals surface area contributed by atoms with Gasteiger partial charge in [0.05, 0.1) is 20.8 Å². The second-order valence-corrected chi connectivity index (χ2v) is 25.1. The van der Waals surface area contributed by atoms with Crippen LogP contribution in [0.4, 0.5) is 0 Å². The summed E-state index contributed by atoms with van der Waals surface area (Å²) < 4.78 is 30.4. The van der Waals surface area contributed by atoms with Crippen molar-refractivity contribution in [2.75, 3.05) is 20.8 Å². The van der Waals surface area contributed by atoms with Gasteiger partial charge in [-0.05, 0) is 49.1 Å². The van der Waals surface area contributed by atoms with Gasteiger partial charge in [-0.3, -0.25) is 0 Å². The summed E-state index contributed by atoms with van der Waals surface area (Å²) in [6.45, 7) is 23.4. The molecule has 1 aliphatic rings. The number of aliphatic hydroxyl groups is 1. The van der Waals surface area contributed by atoms with Gasteiger partial charge in [-0.2, -0.15) is 0 Å². The lowest BCUT2D eigenvalue weighted by atomic mass is 9.76. The van der Waals surface area contributed by atoms with Gasteiger partial charge in [0.1, 0.15) is 12.2 Å². The van der Waals surface area contributed by atoms with E-state index >= 15 is 0 Å². The van der Waals surface area contributed by atoms with Crippen molar-refractivity contribution in [3.63, 3.8) is 0 Å². The Morgan fingerprint density at radius 3 is 1.60 bits per heavy atom. The maximum atomic E-state index is 13.7. The van der Waals surface area contributed by atoms with Crippen LogP contribution >= 0.6 is 0 Å². The smallest absolute Gasteiger partial charge is 0.344 e. The molecular formula is C33H66O8Si2. The van der Waals surface area contributed by atoms with Crippen molar-refractivity contribution in [1.29, 1.82) is 0 Å². The summed E-state index contributed by atoms with van der Waals surface area (Å²) in [6.07, 6.45) is 9.10. The van der Waals surface area contributed by atoms with Gasteiger partial charge in [-0.15, -0.1) is 0 Å². The van der Waals surface area contributed by atoms with Crippen LogP contribution in [0.2, 0.25) is 36.3 Å². The molecule has 10 heteroatoms. The lowest BCUT2D eigenvalue weighted by molar-refractivity contribution is -0.208. The van der Waals surface area contributed by atoms with Gasteiger partial charge in [-0.1, -0.05) is 106 Å². The van der Waals surface area contributed by atoms with Crippen LogP contribution in [0.1, 0.15) is 119 Å². The van der Waals surface area contributed by atoms with Gasteiger partial charge >= 0.3 is 11.9 Å². The number of hydrogen-bond donors (Lipinski definition) is 1. The summed E-state index contributed by atoms with van der Waals surface area (Å²) in [6, 6.07) is 0. The van der Waals surface area contributed by atoms with E-state index in [1.165, 1.54) is 52.7 Å². The Kier molecular flexibility index (Phi) is 15.1. The minimum atomic E-state index is -2.59. The van der Waals surface area contributed by atoms with Crippen LogP contribution < -0.4 is 0 Å². The highest BCUT2D eigenvalue weighted by Gasteiger charge is 2.75. The highest BCUT2D eigenvalue weighted by atomic mass is 28.4. The van der Waals surface area contributed by atoms with Crippen molar-refractivity contribution >= 4 is 28.6 Å². The molecule has 0 bridgehead atoms. The average Bonchev–Trinajstić information content (AvgIpc) is 3.14. The SMILES string of the molecule is CCCCCCCCCCCC[C@@]1(C(=O)OC)O[C@H](CO[Si](C)(C)C(C)(C)C)[C@@H](O[Si](C)(C)C(C)(C)C)[C@]1(O)C(=O)OC. The quantitative estimate of drug-likeness (QED) is 0.0911. The van der Waals surface area contributed by atoms with E-state index < -0.39 is 52.0 Å². The lowest BCUT2D eigenvalue weighted by Crippen LogP contribution is -2.68. The van der Waals surface area contributed by atoms with E-state index in [0.717, 1.165) is 19.3 Å². The van der Waals surface area contributed by atoms with Crippen molar-refractivity contribution in [2.24, 2.45) is 0 Å². The molecule has 0 spiro atoms. The van der Waals surface area contributed by atoms with E-state index in [4.69, 9.17) is 23.1 Å². The third-order valence-corrected chi connectivity index (χ3v) is 19.2. The number of rotatable bonds is 18. The molecule has 0 amide bonds. The lowest BCUT2D eigenvalue weighted by Gasteiger charge is -2.44. The monoisotopic (exact) mass is 646 g/mol. The fourth-order valence-electron chi connectivity index (χ4n) is 5.21. The number of esters is 2. The third-order valence-electron chi connectivity index (χ3n) is 10.3. The van der Waals surface area contributed by atoms with Gasteiger partial charge < -0.3 is 28.2 Å². The fourth-order valence-corrected chi connectivity index (χ4v) is 7.54. The summed E-state index contributed by atoms with van der Waals surface area (Å²) in [5.41, 5.74) is -4.39. The van der Waals surface area contributed by atoms with Crippen LogP contribution in [-0.4, -0.2) is 77.9 Å². The molecule has 4 atom stereocenters. The van der Waals surface area contributed by atoms with Gasteiger partial charge in [0.25, 0.3) is 0 Å². The molecule has 1 rings (SSSR count). The van der Waals surface area contributed by atoms with E-state index in [1.807, 2.05) is 0 Å². The van der Waals surface area contributed by atoms with Crippen LogP contribution in [0.25, 0.3) is 0 Å². The predicted octanol–water partition coefficient (Wildman–Crippen LogP) is 7.92. The number of methoxy groups -OCH3 is 2. The zero-order valence-corrected chi connectivity index (χ0v) is 31.9. The first-order valence-corrected chi connectivity index (χ1v) is 22.4. The molecule has 1 fully saturated rings. The predicted molar refractivity (Wildman–Crippen MR) is 178 cm³/mol. The molecule has 1 heterocycles. The number of carbonyl (C=O) groups is 2. The third kappa shape index (κ3) is 9.61. The summed E-state index contributed by atoms with van der Waals surface area (Å²) in [5, 5.41) is 12.2. The minimum Gasteiger partial charge on any atom is -0.467 e. The van der Waals surface area contributed by atoms with E-state index in [9.17, 15) is 14.7 Å². The average molecular weight is 647 g/mol. The van der Waals surface area contributed by atoms with Crippen LogP contribution in [0.3, 0.4) is 0 Å². The normalized spacial score (nSPS) is 25.2. The van der Waals surface area contributed by atoms with E-state index in [-0.39, 0.29) is 23.1 Å². The molecule has 0 radical (unpaired) electrons. The first kappa shape index (κ1) is 40.2. The molecule has 1 saturated heterocycles. The fraction of sp³-hybridized carbons (Fsp3) is 0.939. The zero-order valence-electron chi connectivity index (χ0n) is 29.9. The summed E-state index contributed by atoms with van der Waals surface area (Å²) in [5.74, 6) is -1.75. The second kappa shape index (κ2) is 16.2. The van der Waals surface area contributed by atoms with Gasteiger partial charge in [0, 0.05) is 0 Å². The molecule has 0 unspecified atom stereocenters. The molecule has 0 aromatic carbocycles. The van der Waals surface area contributed by atoms with Crippen molar-refractivity contribution in [2.45, 2.75) is 179 Å². The standard InChI is InChI=1S/C33H66O8Si2/c1-14-15-16-17-18-19-20-21-22-23-24-32(28(34)37-8)33(36,29(35)38-9)27(41-43(12,13)31(5,6)7)26(40-32)25-39-42(10,11)30(2,3)4/h26-27,36H,14-25H2,1-13H3/t26-,27-,32+,33+/m1/s1. The Bertz CT molecular complexity index is 879. The molecule has 1 aliphatic heterocycles. The van der Waals surface area contributed by atoms with Crippen LogP contribution in [0.15, 0.2) is 0 Å². The Balaban J connectivity index is 3.42. The zero-order chi connectivity index (χ0) is 33.3. The highest BCUT2D eigenvalue weighted by Crippen LogP contribution is 2.50. The van der Waals surface area contributed by atoms with Crippen molar-refractivity contribution in [1.82, 2.24) is 0 Å². The maximum Gasteiger partial charge on any atom is 0.344 e. The van der Waals surface area contributed by atoms with Crippen molar-refractivity contribution in [3.05, 3.63) is 0 Å². The maximum absolute atomic E-state index is 13.7. The highest BCUT2D eigenvalue weighted by molar-refractivity contribution is 6.74. The van der Waals surface area contributed by atoms with Gasteiger partial charge in [0.15, 0.2) is 16.6 Å². The van der Waals surface area contributed by atoms with Gasteiger partial charge in [0.2, 0.25) is 11.2 Å². The summed E-state index contributed by atoms with van der Waals surface area (Å²) >= 11 is 0. The first-order valence-electron chi connectivity index (χ1n) is 16.6. The van der Waals surface area contributed by atoms with Crippen LogP contribution in [-0.2, 0) is 32.7 Å². The Morgan fingerprint density at radius 1 is 0.744 bits per heavy atom. The molecule has 0 aromatic heterocycles. The Hall–Kier alpha value is -0.786. The number of hydrogen-bond acceptors (Lipinski definition) is 8. The molecule has 0 saturated carbocycles. The summed E-state index contributed by atoms with van der Waals surface area (Å²) in [4.78, 5) is 27.3. The van der Waals surface area contributed by atoms with Crippen molar-refractivity contribution < 1.29 is 37.8 Å². The second-order valence-electron chi connectivity index (χ2n) is 15.5. The number of unbranched alkanes of at least 4 members (excludes halogenated alkanes) is 9. The molecule has 0 aromatic rings. The van der Waals surface area contributed by atoms with Gasteiger partial charge in [-0.25, -0.2) is 9.59 Å². The largest absolute Gasteiger partial charge is 0.467 e.